The first-order valence-corrected chi connectivity index (χ1v) is 18.5. The van der Waals surface area contributed by atoms with Crippen LogP contribution < -0.4 is 14.4 Å². The van der Waals surface area contributed by atoms with Crippen LogP contribution in [0.5, 0.6) is 11.5 Å². The summed E-state index contributed by atoms with van der Waals surface area (Å²) in [5, 5.41) is 0. The number of alkyl halides is 3. The van der Waals surface area contributed by atoms with Crippen LogP contribution in [0.4, 0.5) is 28.6 Å². The Morgan fingerprint density at radius 1 is 0.981 bits per heavy atom. The van der Waals surface area contributed by atoms with E-state index in [0.29, 0.717) is 22.6 Å². The molecule has 1 aliphatic heterocycles. The molecular weight excluding hydrogens is 733 g/mol. The van der Waals surface area contributed by atoms with Crippen molar-refractivity contribution in [3.8, 4) is 11.5 Å². The molecule has 0 unspecified atom stereocenters. The van der Waals surface area contributed by atoms with Crippen molar-refractivity contribution in [3.63, 3.8) is 0 Å². The fraction of sp³-hybridized carbons (Fsp3) is 0.417. The van der Waals surface area contributed by atoms with Gasteiger partial charge in [0.2, 0.25) is 0 Å². The molecule has 2 aromatic carbocycles. The van der Waals surface area contributed by atoms with Gasteiger partial charge in [-0.05, 0) is 55.7 Å². The van der Waals surface area contributed by atoms with Crippen molar-refractivity contribution < 1.29 is 50.2 Å². The Morgan fingerprint density at radius 3 is 2.31 bits per heavy atom. The highest BCUT2D eigenvalue weighted by Crippen LogP contribution is 2.32. The minimum Gasteiger partial charge on any atom is -0.493 e. The average molecular weight is 775 g/mol. The van der Waals surface area contributed by atoms with Crippen LogP contribution in [0.1, 0.15) is 31.4 Å². The van der Waals surface area contributed by atoms with Crippen LogP contribution in [0.15, 0.2) is 65.8 Å². The number of methoxy groups -OCH3 is 2. The van der Waals surface area contributed by atoms with Crippen LogP contribution in [0.3, 0.4) is 0 Å². The van der Waals surface area contributed by atoms with Gasteiger partial charge in [0.1, 0.15) is 12.1 Å². The molecule has 4 aromatic rings. The second kappa shape index (κ2) is 16.3. The Labute approximate surface area is 310 Å². The molecule has 0 bridgehead atoms. The number of anilines is 1. The molecule has 1 fully saturated rings. The lowest BCUT2D eigenvalue weighted by Crippen LogP contribution is -2.46. The van der Waals surface area contributed by atoms with E-state index in [2.05, 4.69) is 9.97 Å². The average Bonchev–Trinajstić information content (AvgIpc) is 3.78. The number of carbonyl (C=O) groups is 3. The fourth-order valence-electron chi connectivity index (χ4n) is 6.35. The number of hydrogen-bond acceptors (Lipinski definition) is 10. The monoisotopic (exact) mass is 774 g/mol. The van der Waals surface area contributed by atoms with E-state index in [1.54, 1.807) is 26.0 Å². The zero-order chi connectivity index (χ0) is 39.4. The minimum absolute atomic E-state index is 0.0121. The molecule has 0 spiro atoms. The molecule has 2 aromatic heterocycles. The highest BCUT2D eigenvalue weighted by molar-refractivity contribution is 7.90. The molecule has 5 rings (SSSR count). The first-order chi connectivity index (χ1) is 25.6. The Balaban J connectivity index is 1.37. The van der Waals surface area contributed by atoms with Gasteiger partial charge < -0.3 is 24.0 Å². The molecule has 1 aliphatic rings. The number of carbonyl (C=O) groups excluding carboxylic acids is 3. The van der Waals surface area contributed by atoms with Gasteiger partial charge in [-0.1, -0.05) is 37.1 Å². The summed E-state index contributed by atoms with van der Waals surface area (Å²) < 4.78 is 84.7. The number of ketones is 1. The van der Waals surface area contributed by atoms with Crippen molar-refractivity contribution in [2.75, 3.05) is 51.9 Å². The van der Waals surface area contributed by atoms with E-state index in [1.807, 2.05) is 6.92 Å². The molecule has 0 aliphatic carbocycles. The number of ether oxygens (including phenoxy) is 3. The summed E-state index contributed by atoms with van der Waals surface area (Å²) in [7, 11) is -1.24. The van der Waals surface area contributed by atoms with Crippen LogP contribution in [0.25, 0.3) is 11.2 Å². The second-order valence-corrected chi connectivity index (χ2v) is 14.6. The van der Waals surface area contributed by atoms with Crippen LogP contribution in [0.2, 0.25) is 0 Å². The van der Waals surface area contributed by atoms with Gasteiger partial charge in [0.25, 0.3) is 10.0 Å². The number of Topliss-reactive ketones (excluding diaryl/α,β-unsaturated/α-hetero) is 1. The summed E-state index contributed by atoms with van der Waals surface area (Å²) in [6.45, 7) is 2.52. The van der Waals surface area contributed by atoms with Crippen molar-refractivity contribution in [3.05, 3.63) is 72.1 Å². The SMILES string of the molecule is CCOC(=O)N(CC(=O)[C@H]1CN(C(=O)N(Cc2ccc(OC)c(OC)c2)CC(F)(F)F)C[C@H]1CC)c1cnc2c(ccn2S(=O)(=O)c2ccc(C)cc2)n1. The zero-order valence-corrected chi connectivity index (χ0v) is 31.2. The van der Waals surface area contributed by atoms with E-state index < -0.39 is 65.6 Å². The Hall–Kier alpha value is -5.39. The number of aryl methyl sites for hydroxylation is 1. The molecular formula is C36H41F3N6O8S. The van der Waals surface area contributed by atoms with Crippen molar-refractivity contribution in [2.24, 2.45) is 11.8 Å². The van der Waals surface area contributed by atoms with Crippen molar-refractivity contribution in [1.29, 1.82) is 0 Å². The van der Waals surface area contributed by atoms with Gasteiger partial charge in [-0.15, -0.1) is 0 Å². The van der Waals surface area contributed by atoms with Gasteiger partial charge in [-0.25, -0.2) is 31.9 Å². The number of aromatic nitrogens is 3. The number of fused-ring (bicyclic) bond motifs is 1. The predicted molar refractivity (Wildman–Crippen MR) is 191 cm³/mol. The number of urea groups is 1. The lowest BCUT2D eigenvalue weighted by molar-refractivity contribution is -0.142. The normalized spacial score (nSPS) is 16.0. The van der Waals surface area contributed by atoms with E-state index in [9.17, 15) is 36.0 Å². The number of amides is 3. The molecule has 18 heteroatoms. The van der Waals surface area contributed by atoms with Crippen molar-refractivity contribution in [1.82, 2.24) is 23.7 Å². The van der Waals surface area contributed by atoms with Gasteiger partial charge in [0.15, 0.2) is 28.7 Å². The lowest BCUT2D eigenvalue weighted by Gasteiger charge is -2.29. The number of halogens is 3. The smallest absolute Gasteiger partial charge is 0.415 e. The van der Waals surface area contributed by atoms with Crippen LogP contribution in [-0.4, -0.2) is 103 Å². The summed E-state index contributed by atoms with van der Waals surface area (Å²) in [6, 6.07) is 11.3. The second-order valence-electron chi connectivity index (χ2n) is 12.7. The first-order valence-electron chi connectivity index (χ1n) is 17.0. The largest absolute Gasteiger partial charge is 0.493 e. The first kappa shape index (κ1) is 39.8. The summed E-state index contributed by atoms with van der Waals surface area (Å²) >= 11 is 0. The zero-order valence-electron chi connectivity index (χ0n) is 30.4. The van der Waals surface area contributed by atoms with Gasteiger partial charge in [-0.3, -0.25) is 9.69 Å². The summed E-state index contributed by atoms with van der Waals surface area (Å²) in [5.74, 6) is -1.17. The maximum Gasteiger partial charge on any atom is 0.415 e. The molecule has 290 valence electrons. The van der Waals surface area contributed by atoms with E-state index in [4.69, 9.17) is 14.2 Å². The van der Waals surface area contributed by atoms with E-state index in [1.165, 1.54) is 61.7 Å². The number of benzene rings is 2. The van der Waals surface area contributed by atoms with E-state index in [-0.39, 0.29) is 47.3 Å². The Bertz CT molecular complexity index is 2110. The highest BCUT2D eigenvalue weighted by Gasteiger charge is 2.43. The molecule has 0 N–H and O–H groups in total. The molecule has 54 heavy (non-hydrogen) atoms. The molecule has 3 amide bonds. The van der Waals surface area contributed by atoms with E-state index in [0.717, 1.165) is 20.6 Å². The number of likely N-dealkylation sites (tertiary alicyclic amines) is 1. The molecule has 1 saturated heterocycles. The topological polar surface area (TPSA) is 153 Å². The highest BCUT2D eigenvalue weighted by atomic mass is 32.2. The number of nitrogens with zero attached hydrogens (tertiary/aromatic N) is 6. The molecule has 3 heterocycles. The lowest BCUT2D eigenvalue weighted by atomic mass is 9.90. The number of hydrogen-bond donors (Lipinski definition) is 0. The summed E-state index contributed by atoms with van der Waals surface area (Å²) in [6.07, 6.45) is -2.77. The third-order valence-electron chi connectivity index (χ3n) is 9.11. The van der Waals surface area contributed by atoms with Gasteiger partial charge >= 0.3 is 18.3 Å². The van der Waals surface area contributed by atoms with Gasteiger partial charge in [0, 0.05) is 31.7 Å². The fourth-order valence-corrected chi connectivity index (χ4v) is 7.65. The van der Waals surface area contributed by atoms with Crippen molar-refractivity contribution in [2.45, 2.75) is 44.8 Å². The standard InChI is InChI=1S/C36H41F3N6O8S/c1-6-25-19-42(34(47)43(22-36(37,38)39)18-24-10-13-30(51-4)31(16-24)52-5)20-27(25)29(46)21-44(35(48)53-7-2)32-17-40-33-28(41-32)14-15-45(33)54(49,50)26-11-8-23(3)9-12-26/h8-17,25,27H,6-7,18-22H2,1-5H3/t25-,27+/m1/s1. The van der Waals surface area contributed by atoms with Crippen molar-refractivity contribution >= 4 is 44.9 Å². The van der Waals surface area contributed by atoms with Crippen LogP contribution >= 0.6 is 0 Å². The molecule has 14 nitrogen and oxygen atoms in total. The maximum absolute atomic E-state index is 13.9. The molecule has 0 saturated carbocycles. The third-order valence-corrected chi connectivity index (χ3v) is 10.8. The van der Waals surface area contributed by atoms with Crippen LogP contribution in [-0.2, 0) is 26.1 Å². The van der Waals surface area contributed by atoms with E-state index >= 15 is 0 Å². The minimum atomic E-state index is -4.71. The Morgan fingerprint density at radius 2 is 1.69 bits per heavy atom. The summed E-state index contributed by atoms with van der Waals surface area (Å²) in [4.78, 5) is 52.5. The van der Waals surface area contributed by atoms with Crippen LogP contribution in [0, 0.1) is 18.8 Å². The third kappa shape index (κ3) is 8.69. The predicted octanol–water partition coefficient (Wildman–Crippen LogP) is 5.67. The number of rotatable bonds is 13. The quantitative estimate of drug-likeness (QED) is 0.166. The Kier molecular flexibility index (Phi) is 12.0. The van der Waals surface area contributed by atoms with Gasteiger partial charge in [0.05, 0.1) is 38.5 Å². The van der Waals surface area contributed by atoms with Gasteiger partial charge in [-0.2, -0.15) is 13.2 Å². The molecule has 2 atom stereocenters. The molecule has 0 radical (unpaired) electrons. The maximum atomic E-state index is 13.9. The summed E-state index contributed by atoms with van der Waals surface area (Å²) in [5.41, 5.74) is 1.35.